The molecule has 1 saturated heterocycles. The van der Waals surface area contributed by atoms with Crippen molar-refractivity contribution < 1.29 is 4.79 Å². The van der Waals surface area contributed by atoms with E-state index in [0.717, 1.165) is 48.3 Å². The van der Waals surface area contributed by atoms with Gasteiger partial charge in [-0.2, -0.15) is 0 Å². The molecular weight excluding hydrogens is 292 g/mol. The van der Waals surface area contributed by atoms with Gasteiger partial charge in [-0.25, -0.2) is 0 Å². The highest BCUT2D eigenvalue weighted by molar-refractivity contribution is 9.10. The van der Waals surface area contributed by atoms with Crippen LogP contribution in [-0.4, -0.2) is 43.4 Å². The van der Waals surface area contributed by atoms with E-state index in [1.165, 1.54) is 0 Å². The standard InChI is InChI=1S/C14H19BrN2O/c1-11-10-12(2-3-13(11)15)14(18)4-7-17-8-5-16-6-9-17/h2-3,10,16H,4-9H2,1H3. The number of hydrogen-bond acceptors (Lipinski definition) is 3. The molecule has 0 aromatic heterocycles. The van der Waals surface area contributed by atoms with Crippen molar-refractivity contribution in [2.24, 2.45) is 0 Å². The molecule has 0 saturated carbocycles. The predicted octanol–water partition coefficient (Wildman–Crippen LogP) is 2.24. The van der Waals surface area contributed by atoms with Crippen molar-refractivity contribution in [2.45, 2.75) is 13.3 Å². The van der Waals surface area contributed by atoms with E-state index in [2.05, 4.69) is 26.1 Å². The number of hydrogen-bond donors (Lipinski definition) is 1. The molecule has 98 valence electrons. The quantitative estimate of drug-likeness (QED) is 0.866. The molecule has 0 bridgehead atoms. The van der Waals surface area contributed by atoms with E-state index in [4.69, 9.17) is 0 Å². The number of carbonyl (C=O) groups is 1. The molecule has 1 heterocycles. The third kappa shape index (κ3) is 3.64. The van der Waals surface area contributed by atoms with Gasteiger partial charge in [0.05, 0.1) is 0 Å². The number of carbonyl (C=O) groups excluding carboxylic acids is 1. The second kappa shape index (κ2) is 6.45. The topological polar surface area (TPSA) is 32.3 Å². The molecule has 0 amide bonds. The van der Waals surface area contributed by atoms with Crippen LogP contribution in [0.25, 0.3) is 0 Å². The lowest BCUT2D eigenvalue weighted by Crippen LogP contribution is -2.44. The van der Waals surface area contributed by atoms with Crippen molar-refractivity contribution >= 4 is 21.7 Å². The largest absolute Gasteiger partial charge is 0.314 e. The molecule has 0 aliphatic carbocycles. The van der Waals surface area contributed by atoms with Crippen LogP contribution in [0.1, 0.15) is 22.3 Å². The number of Topliss-reactive ketones (excluding diaryl/α,β-unsaturated/α-hetero) is 1. The van der Waals surface area contributed by atoms with Crippen LogP contribution in [-0.2, 0) is 0 Å². The first-order chi connectivity index (χ1) is 8.66. The lowest BCUT2D eigenvalue weighted by Gasteiger charge is -2.26. The first kappa shape index (κ1) is 13.7. The van der Waals surface area contributed by atoms with Crippen LogP contribution in [0, 0.1) is 6.92 Å². The van der Waals surface area contributed by atoms with Gasteiger partial charge in [0.15, 0.2) is 5.78 Å². The fraction of sp³-hybridized carbons (Fsp3) is 0.500. The summed E-state index contributed by atoms with van der Waals surface area (Å²) in [5.74, 6) is 0.240. The van der Waals surface area contributed by atoms with Gasteiger partial charge in [-0.1, -0.05) is 22.0 Å². The molecule has 0 radical (unpaired) electrons. The summed E-state index contributed by atoms with van der Waals surface area (Å²) >= 11 is 3.45. The van der Waals surface area contributed by atoms with Crippen LogP contribution in [0.5, 0.6) is 0 Å². The van der Waals surface area contributed by atoms with Gasteiger partial charge in [-0.15, -0.1) is 0 Å². The Kier molecular flexibility index (Phi) is 4.92. The Bertz CT molecular complexity index is 428. The molecule has 2 rings (SSSR count). The smallest absolute Gasteiger partial charge is 0.164 e. The molecule has 4 heteroatoms. The summed E-state index contributed by atoms with van der Waals surface area (Å²) in [5, 5.41) is 3.32. The van der Waals surface area contributed by atoms with E-state index >= 15 is 0 Å². The van der Waals surface area contributed by atoms with Crippen molar-refractivity contribution in [3.8, 4) is 0 Å². The molecule has 3 nitrogen and oxygen atoms in total. The molecule has 18 heavy (non-hydrogen) atoms. The van der Waals surface area contributed by atoms with Crippen LogP contribution in [0.3, 0.4) is 0 Å². The number of aryl methyl sites for hydroxylation is 1. The monoisotopic (exact) mass is 310 g/mol. The summed E-state index contributed by atoms with van der Waals surface area (Å²) in [7, 11) is 0. The van der Waals surface area contributed by atoms with E-state index < -0.39 is 0 Å². The van der Waals surface area contributed by atoms with Crippen molar-refractivity contribution in [3.05, 3.63) is 33.8 Å². The van der Waals surface area contributed by atoms with Crippen molar-refractivity contribution in [1.82, 2.24) is 10.2 Å². The van der Waals surface area contributed by atoms with Crippen LogP contribution >= 0.6 is 15.9 Å². The number of rotatable bonds is 4. The predicted molar refractivity (Wildman–Crippen MR) is 77.1 cm³/mol. The first-order valence-electron chi connectivity index (χ1n) is 6.39. The van der Waals surface area contributed by atoms with Gasteiger partial charge in [-0.05, 0) is 24.6 Å². The second-order valence-electron chi connectivity index (χ2n) is 4.73. The number of nitrogens with zero attached hydrogens (tertiary/aromatic N) is 1. The van der Waals surface area contributed by atoms with Crippen molar-refractivity contribution in [1.29, 1.82) is 0 Å². The van der Waals surface area contributed by atoms with Crippen LogP contribution in [0.15, 0.2) is 22.7 Å². The normalized spacial score (nSPS) is 16.8. The zero-order valence-corrected chi connectivity index (χ0v) is 12.3. The van der Waals surface area contributed by atoms with Crippen LogP contribution in [0.2, 0.25) is 0 Å². The van der Waals surface area contributed by atoms with E-state index in [1.807, 2.05) is 25.1 Å². The molecule has 1 aromatic carbocycles. The molecule has 1 fully saturated rings. The number of nitrogens with one attached hydrogen (secondary N) is 1. The Morgan fingerprint density at radius 2 is 2.11 bits per heavy atom. The Morgan fingerprint density at radius 3 is 2.78 bits per heavy atom. The minimum Gasteiger partial charge on any atom is -0.314 e. The van der Waals surface area contributed by atoms with Gasteiger partial charge < -0.3 is 10.2 Å². The fourth-order valence-corrected chi connectivity index (χ4v) is 2.40. The highest BCUT2D eigenvalue weighted by Gasteiger charge is 2.12. The Hall–Kier alpha value is -0.710. The molecular formula is C14H19BrN2O. The van der Waals surface area contributed by atoms with Crippen LogP contribution in [0.4, 0.5) is 0 Å². The number of benzene rings is 1. The Balaban J connectivity index is 1.88. The zero-order chi connectivity index (χ0) is 13.0. The van der Waals surface area contributed by atoms with Crippen LogP contribution < -0.4 is 5.32 Å². The molecule has 1 aliphatic heterocycles. The average Bonchev–Trinajstić information content (AvgIpc) is 2.40. The summed E-state index contributed by atoms with van der Waals surface area (Å²) < 4.78 is 1.06. The maximum absolute atomic E-state index is 12.1. The highest BCUT2D eigenvalue weighted by atomic mass is 79.9. The van der Waals surface area contributed by atoms with E-state index in [9.17, 15) is 4.79 Å². The van der Waals surface area contributed by atoms with Crippen molar-refractivity contribution in [3.63, 3.8) is 0 Å². The summed E-state index contributed by atoms with van der Waals surface area (Å²) in [6, 6.07) is 5.81. The third-order valence-corrected chi connectivity index (χ3v) is 4.23. The fourth-order valence-electron chi connectivity index (χ4n) is 2.16. The van der Waals surface area contributed by atoms with Gasteiger partial charge in [0.2, 0.25) is 0 Å². The van der Waals surface area contributed by atoms with Gasteiger partial charge in [-0.3, -0.25) is 4.79 Å². The maximum Gasteiger partial charge on any atom is 0.164 e. The summed E-state index contributed by atoms with van der Waals surface area (Å²) in [6.07, 6.45) is 0.612. The number of piperazine rings is 1. The second-order valence-corrected chi connectivity index (χ2v) is 5.58. The molecule has 0 atom stereocenters. The minimum absolute atomic E-state index is 0.240. The highest BCUT2D eigenvalue weighted by Crippen LogP contribution is 2.18. The lowest BCUT2D eigenvalue weighted by molar-refractivity contribution is 0.0960. The zero-order valence-electron chi connectivity index (χ0n) is 10.7. The minimum atomic E-state index is 0.240. The van der Waals surface area contributed by atoms with Gasteiger partial charge in [0.25, 0.3) is 0 Å². The first-order valence-corrected chi connectivity index (χ1v) is 7.18. The molecule has 0 spiro atoms. The Labute approximate surface area is 117 Å². The number of halogens is 1. The van der Waals surface area contributed by atoms with E-state index in [1.54, 1.807) is 0 Å². The van der Waals surface area contributed by atoms with Gasteiger partial charge >= 0.3 is 0 Å². The van der Waals surface area contributed by atoms with E-state index in [-0.39, 0.29) is 5.78 Å². The van der Waals surface area contributed by atoms with Crippen molar-refractivity contribution in [2.75, 3.05) is 32.7 Å². The van der Waals surface area contributed by atoms with Gasteiger partial charge in [0, 0.05) is 49.2 Å². The summed E-state index contributed by atoms with van der Waals surface area (Å²) in [6.45, 7) is 7.04. The van der Waals surface area contributed by atoms with Gasteiger partial charge in [0.1, 0.15) is 0 Å². The number of ketones is 1. The van der Waals surface area contributed by atoms with E-state index in [0.29, 0.717) is 6.42 Å². The average molecular weight is 311 g/mol. The Morgan fingerprint density at radius 1 is 1.39 bits per heavy atom. The summed E-state index contributed by atoms with van der Waals surface area (Å²) in [4.78, 5) is 14.4. The maximum atomic E-state index is 12.1. The molecule has 1 N–H and O–H groups in total. The molecule has 1 aromatic rings. The third-order valence-electron chi connectivity index (χ3n) is 3.34. The lowest BCUT2D eigenvalue weighted by atomic mass is 10.1. The SMILES string of the molecule is Cc1cc(C(=O)CCN2CCNCC2)ccc1Br. The molecule has 0 unspecified atom stereocenters. The summed E-state index contributed by atoms with van der Waals surface area (Å²) in [5.41, 5.74) is 1.94. The molecule has 1 aliphatic rings.